The maximum absolute atomic E-state index is 12.4. The molecule has 138 valence electrons. The number of carbonyl (C=O) groups excluding carboxylic acids is 2. The van der Waals surface area contributed by atoms with Crippen molar-refractivity contribution in [2.45, 2.75) is 13.5 Å². The number of nitrogens with one attached hydrogen (secondary N) is 2. The van der Waals surface area contributed by atoms with Gasteiger partial charge in [-0.15, -0.1) is 0 Å². The lowest BCUT2D eigenvalue weighted by Crippen LogP contribution is -2.22. The van der Waals surface area contributed by atoms with Gasteiger partial charge in [-0.3, -0.25) is 9.59 Å². The summed E-state index contributed by atoms with van der Waals surface area (Å²) in [5.74, 6) is 0.855. The average Bonchev–Trinajstić information content (AvgIpc) is 3.17. The van der Waals surface area contributed by atoms with Crippen LogP contribution < -0.4 is 15.4 Å². The Labute approximate surface area is 157 Å². The summed E-state index contributed by atoms with van der Waals surface area (Å²) in [5, 5.41) is 5.45. The molecule has 0 fully saturated rings. The number of para-hydroxylation sites is 1. The van der Waals surface area contributed by atoms with Crippen molar-refractivity contribution in [3.63, 3.8) is 0 Å². The van der Waals surface area contributed by atoms with E-state index in [2.05, 4.69) is 10.6 Å². The third kappa shape index (κ3) is 4.98. The van der Waals surface area contributed by atoms with E-state index in [1.54, 1.807) is 36.4 Å². The number of carbonyl (C=O) groups is 2. The van der Waals surface area contributed by atoms with Gasteiger partial charge in [-0.2, -0.15) is 0 Å². The SMILES string of the molecule is CCNC(=O)c1cccc(NC(=O)c2ccc(COc3ccccc3)o2)c1. The maximum Gasteiger partial charge on any atom is 0.291 e. The number of hydrogen-bond acceptors (Lipinski definition) is 4. The summed E-state index contributed by atoms with van der Waals surface area (Å²) in [6.07, 6.45) is 0. The minimum absolute atomic E-state index is 0.171. The Morgan fingerprint density at radius 2 is 1.78 bits per heavy atom. The van der Waals surface area contributed by atoms with Gasteiger partial charge in [0.05, 0.1) is 0 Å². The number of hydrogen-bond donors (Lipinski definition) is 2. The Morgan fingerprint density at radius 3 is 2.56 bits per heavy atom. The Hall–Kier alpha value is -3.54. The second kappa shape index (κ2) is 8.71. The molecule has 1 aromatic heterocycles. The number of rotatable bonds is 7. The number of benzene rings is 2. The first-order chi connectivity index (χ1) is 13.2. The van der Waals surface area contributed by atoms with Crippen molar-refractivity contribution < 1.29 is 18.7 Å². The molecule has 6 heteroatoms. The van der Waals surface area contributed by atoms with Crippen molar-refractivity contribution in [3.8, 4) is 5.75 Å². The summed E-state index contributed by atoms with van der Waals surface area (Å²) in [4.78, 5) is 24.3. The molecule has 0 unspecified atom stereocenters. The van der Waals surface area contributed by atoms with Gasteiger partial charge in [0.15, 0.2) is 5.76 Å². The highest BCUT2D eigenvalue weighted by Gasteiger charge is 2.13. The van der Waals surface area contributed by atoms with Crippen LogP contribution in [0.5, 0.6) is 5.75 Å². The minimum atomic E-state index is -0.394. The fourth-order valence-corrected chi connectivity index (χ4v) is 2.44. The monoisotopic (exact) mass is 364 g/mol. The van der Waals surface area contributed by atoms with Crippen LogP contribution in [-0.4, -0.2) is 18.4 Å². The van der Waals surface area contributed by atoms with Gasteiger partial charge in [0, 0.05) is 17.8 Å². The van der Waals surface area contributed by atoms with Gasteiger partial charge >= 0.3 is 0 Å². The Balaban J connectivity index is 1.61. The van der Waals surface area contributed by atoms with Crippen molar-refractivity contribution in [3.05, 3.63) is 83.8 Å². The molecule has 0 radical (unpaired) electrons. The van der Waals surface area contributed by atoms with Crippen LogP contribution in [0.15, 0.2) is 71.1 Å². The van der Waals surface area contributed by atoms with E-state index in [1.807, 2.05) is 37.3 Å². The number of amides is 2. The zero-order valence-corrected chi connectivity index (χ0v) is 14.9. The second-order valence-electron chi connectivity index (χ2n) is 5.76. The van der Waals surface area contributed by atoms with Crippen molar-refractivity contribution in [1.82, 2.24) is 5.32 Å². The molecular weight excluding hydrogens is 344 g/mol. The summed E-state index contributed by atoms with van der Waals surface area (Å²) < 4.78 is 11.1. The molecule has 0 aliphatic rings. The van der Waals surface area contributed by atoms with E-state index in [-0.39, 0.29) is 18.3 Å². The predicted octanol–water partition coefficient (Wildman–Crippen LogP) is 3.86. The molecule has 0 bridgehead atoms. The van der Waals surface area contributed by atoms with Crippen LogP contribution in [0.2, 0.25) is 0 Å². The molecule has 3 rings (SSSR count). The fraction of sp³-hybridized carbons (Fsp3) is 0.143. The van der Waals surface area contributed by atoms with E-state index in [0.717, 1.165) is 5.75 Å². The van der Waals surface area contributed by atoms with Crippen LogP contribution in [0.4, 0.5) is 5.69 Å². The highest BCUT2D eigenvalue weighted by atomic mass is 16.5. The first-order valence-electron chi connectivity index (χ1n) is 8.62. The van der Waals surface area contributed by atoms with Gasteiger partial charge in [-0.1, -0.05) is 24.3 Å². The summed E-state index contributed by atoms with van der Waals surface area (Å²) >= 11 is 0. The lowest BCUT2D eigenvalue weighted by Gasteiger charge is -2.06. The van der Waals surface area contributed by atoms with Crippen LogP contribution >= 0.6 is 0 Å². The predicted molar refractivity (Wildman–Crippen MR) is 102 cm³/mol. The first kappa shape index (κ1) is 18.3. The standard InChI is InChI=1S/C21H20N2O4/c1-2-22-20(24)15-7-6-8-16(13-15)23-21(25)19-12-11-18(27-19)14-26-17-9-4-3-5-10-17/h3-13H,2,14H2,1H3,(H,22,24)(H,23,25). The highest BCUT2D eigenvalue weighted by Crippen LogP contribution is 2.16. The van der Waals surface area contributed by atoms with E-state index < -0.39 is 5.91 Å². The molecule has 0 spiro atoms. The van der Waals surface area contributed by atoms with E-state index in [9.17, 15) is 9.59 Å². The van der Waals surface area contributed by atoms with Crippen LogP contribution in [-0.2, 0) is 6.61 Å². The second-order valence-corrected chi connectivity index (χ2v) is 5.76. The van der Waals surface area contributed by atoms with Crippen LogP contribution in [0.25, 0.3) is 0 Å². The molecule has 2 N–H and O–H groups in total. The molecule has 2 aromatic carbocycles. The number of furan rings is 1. The molecule has 0 saturated carbocycles. The summed E-state index contributed by atoms with van der Waals surface area (Å²) in [5.41, 5.74) is 0.994. The highest BCUT2D eigenvalue weighted by molar-refractivity contribution is 6.03. The topological polar surface area (TPSA) is 80.6 Å². The quantitative estimate of drug-likeness (QED) is 0.667. The van der Waals surface area contributed by atoms with Gasteiger partial charge < -0.3 is 19.8 Å². The van der Waals surface area contributed by atoms with Gasteiger partial charge in [0.2, 0.25) is 0 Å². The molecule has 6 nitrogen and oxygen atoms in total. The zero-order valence-electron chi connectivity index (χ0n) is 14.9. The van der Waals surface area contributed by atoms with Gasteiger partial charge in [-0.25, -0.2) is 0 Å². The average molecular weight is 364 g/mol. The molecule has 3 aromatic rings. The van der Waals surface area contributed by atoms with E-state index in [1.165, 1.54) is 0 Å². The van der Waals surface area contributed by atoms with Gasteiger partial charge in [-0.05, 0) is 49.4 Å². The fourth-order valence-electron chi connectivity index (χ4n) is 2.44. The van der Waals surface area contributed by atoms with Crippen LogP contribution in [0.3, 0.4) is 0 Å². The summed E-state index contributed by atoms with van der Waals surface area (Å²) in [6, 6.07) is 19.4. The first-order valence-corrected chi connectivity index (χ1v) is 8.62. The third-order valence-electron chi connectivity index (χ3n) is 3.73. The van der Waals surface area contributed by atoms with Crippen LogP contribution in [0.1, 0.15) is 33.6 Å². The van der Waals surface area contributed by atoms with Crippen molar-refractivity contribution in [1.29, 1.82) is 0 Å². The van der Waals surface area contributed by atoms with Gasteiger partial charge in [0.25, 0.3) is 11.8 Å². The van der Waals surface area contributed by atoms with Gasteiger partial charge in [0.1, 0.15) is 18.1 Å². The van der Waals surface area contributed by atoms with Crippen molar-refractivity contribution in [2.24, 2.45) is 0 Å². The van der Waals surface area contributed by atoms with E-state index in [0.29, 0.717) is 23.6 Å². The lowest BCUT2D eigenvalue weighted by atomic mass is 10.2. The molecule has 2 amide bonds. The number of ether oxygens (including phenoxy) is 1. The Bertz CT molecular complexity index is 919. The van der Waals surface area contributed by atoms with Crippen LogP contribution in [0, 0.1) is 0 Å². The summed E-state index contributed by atoms with van der Waals surface area (Å²) in [6.45, 7) is 2.61. The third-order valence-corrected chi connectivity index (χ3v) is 3.73. The summed E-state index contributed by atoms with van der Waals surface area (Å²) in [7, 11) is 0. The van der Waals surface area contributed by atoms with E-state index >= 15 is 0 Å². The minimum Gasteiger partial charge on any atom is -0.486 e. The molecule has 0 aliphatic heterocycles. The largest absolute Gasteiger partial charge is 0.486 e. The molecule has 27 heavy (non-hydrogen) atoms. The zero-order chi connectivity index (χ0) is 19.1. The Morgan fingerprint density at radius 1 is 0.963 bits per heavy atom. The smallest absolute Gasteiger partial charge is 0.291 e. The van der Waals surface area contributed by atoms with Crippen molar-refractivity contribution in [2.75, 3.05) is 11.9 Å². The Kier molecular flexibility index (Phi) is 5.89. The molecule has 0 atom stereocenters. The maximum atomic E-state index is 12.4. The number of anilines is 1. The molecule has 0 saturated heterocycles. The lowest BCUT2D eigenvalue weighted by molar-refractivity contribution is 0.0953. The molecule has 1 heterocycles. The van der Waals surface area contributed by atoms with E-state index in [4.69, 9.17) is 9.15 Å². The molecule has 0 aliphatic carbocycles. The normalized spacial score (nSPS) is 10.3. The van der Waals surface area contributed by atoms with Crippen molar-refractivity contribution >= 4 is 17.5 Å². The molecular formula is C21H20N2O4.